The van der Waals surface area contributed by atoms with E-state index >= 15 is 0 Å². The summed E-state index contributed by atoms with van der Waals surface area (Å²) in [6, 6.07) is 0. The van der Waals surface area contributed by atoms with Crippen molar-refractivity contribution in [2.75, 3.05) is 13.7 Å². The summed E-state index contributed by atoms with van der Waals surface area (Å²) in [7, 11) is 1.16. The normalized spacial score (nSPS) is 25.9. The fraction of sp³-hybridized carbons (Fsp3) is 0.455. The number of carbonyl (C=O) groups excluding carboxylic acids is 4. The van der Waals surface area contributed by atoms with Gasteiger partial charge < -0.3 is 24.1 Å². The Hall–Kier alpha value is -3.20. The van der Waals surface area contributed by atoms with Crippen molar-refractivity contribution < 1.29 is 43.2 Å². The van der Waals surface area contributed by atoms with Crippen LogP contribution in [0.25, 0.3) is 0 Å². The number of hydrogen-bond acceptors (Lipinski definition) is 9. The lowest BCUT2D eigenvalue weighted by Gasteiger charge is -2.33. The monoisotopic (exact) mass is 434 g/mol. The third kappa shape index (κ3) is 5.49. The summed E-state index contributed by atoms with van der Waals surface area (Å²) >= 11 is 0. The molecule has 9 heteroatoms. The largest absolute Gasteiger partial charge is 0.466 e. The van der Waals surface area contributed by atoms with E-state index in [0.29, 0.717) is 12.8 Å². The number of methoxy groups -OCH3 is 1. The van der Waals surface area contributed by atoms with Crippen molar-refractivity contribution in [2.24, 2.45) is 5.92 Å². The van der Waals surface area contributed by atoms with Crippen molar-refractivity contribution in [3.05, 3.63) is 47.6 Å². The SMILES string of the molecule is C=C(CO)C(=O)OC1C(OC(C)=O)C(C(=O)OC)=CCCC(C)=CC2OC(=O)C(=C)C21. The Labute approximate surface area is 180 Å². The molecule has 0 aromatic heterocycles. The van der Waals surface area contributed by atoms with Gasteiger partial charge in [-0.1, -0.05) is 24.8 Å². The highest BCUT2D eigenvalue weighted by Crippen LogP contribution is 2.38. The van der Waals surface area contributed by atoms with Crippen molar-refractivity contribution in [3.8, 4) is 0 Å². The first-order valence-electron chi connectivity index (χ1n) is 9.63. The van der Waals surface area contributed by atoms with Gasteiger partial charge in [-0.25, -0.2) is 14.4 Å². The molecule has 1 saturated heterocycles. The third-order valence-electron chi connectivity index (χ3n) is 5.01. The number of aliphatic hydroxyl groups excluding tert-OH is 1. The second kappa shape index (κ2) is 10.2. The van der Waals surface area contributed by atoms with Crippen molar-refractivity contribution >= 4 is 23.9 Å². The Morgan fingerprint density at radius 1 is 1.29 bits per heavy atom. The van der Waals surface area contributed by atoms with Gasteiger partial charge in [0.05, 0.1) is 30.8 Å². The summed E-state index contributed by atoms with van der Waals surface area (Å²) < 4.78 is 21.2. The molecular weight excluding hydrogens is 408 g/mol. The molecule has 0 radical (unpaired) electrons. The van der Waals surface area contributed by atoms with Crippen molar-refractivity contribution in [1.82, 2.24) is 0 Å². The number of ether oxygens (including phenoxy) is 4. The highest BCUT2D eigenvalue weighted by molar-refractivity contribution is 5.93. The molecule has 0 spiro atoms. The van der Waals surface area contributed by atoms with Crippen molar-refractivity contribution in [1.29, 1.82) is 0 Å². The summed E-state index contributed by atoms with van der Waals surface area (Å²) in [5.41, 5.74) is 0.546. The molecule has 168 valence electrons. The summed E-state index contributed by atoms with van der Waals surface area (Å²) in [6.45, 7) is 9.47. The minimum absolute atomic E-state index is 0.0107. The minimum Gasteiger partial charge on any atom is -0.466 e. The van der Waals surface area contributed by atoms with E-state index in [2.05, 4.69) is 13.2 Å². The molecule has 0 aromatic rings. The summed E-state index contributed by atoms with van der Waals surface area (Å²) in [4.78, 5) is 49.2. The number of rotatable bonds is 5. The van der Waals surface area contributed by atoms with Gasteiger partial charge >= 0.3 is 23.9 Å². The Bertz CT molecular complexity index is 864. The fourth-order valence-electron chi connectivity index (χ4n) is 3.46. The summed E-state index contributed by atoms with van der Waals surface area (Å²) in [6.07, 6.45) is 0.522. The molecule has 1 heterocycles. The number of aliphatic hydroxyl groups is 1. The van der Waals surface area contributed by atoms with Crippen molar-refractivity contribution in [3.63, 3.8) is 0 Å². The van der Waals surface area contributed by atoms with Crippen LogP contribution < -0.4 is 0 Å². The van der Waals surface area contributed by atoms with Gasteiger partial charge in [-0.05, 0) is 25.8 Å². The number of fused-ring (bicyclic) bond motifs is 1. The molecule has 0 amide bonds. The van der Waals surface area contributed by atoms with E-state index in [1.165, 1.54) is 0 Å². The second-order valence-corrected chi connectivity index (χ2v) is 7.29. The van der Waals surface area contributed by atoms with E-state index in [-0.39, 0.29) is 16.7 Å². The molecule has 4 unspecified atom stereocenters. The van der Waals surface area contributed by atoms with Gasteiger partial charge in [0.1, 0.15) is 6.10 Å². The zero-order chi connectivity index (χ0) is 23.3. The van der Waals surface area contributed by atoms with E-state index in [4.69, 9.17) is 18.9 Å². The fourth-order valence-corrected chi connectivity index (χ4v) is 3.46. The lowest BCUT2D eigenvalue weighted by molar-refractivity contribution is -0.167. The smallest absolute Gasteiger partial charge is 0.337 e. The average molecular weight is 434 g/mol. The number of carbonyl (C=O) groups is 4. The Morgan fingerprint density at radius 3 is 2.55 bits per heavy atom. The van der Waals surface area contributed by atoms with Crippen LogP contribution in [0, 0.1) is 5.92 Å². The molecule has 1 aliphatic carbocycles. The average Bonchev–Trinajstić information content (AvgIpc) is 2.99. The first-order valence-corrected chi connectivity index (χ1v) is 9.63. The van der Waals surface area contributed by atoms with Gasteiger partial charge in [0.2, 0.25) is 0 Å². The summed E-state index contributed by atoms with van der Waals surface area (Å²) in [5.74, 6) is -4.20. The predicted molar refractivity (Wildman–Crippen MR) is 107 cm³/mol. The predicted octanol–water partition coefficient (Wildman–Crippen LogP) is 1.32. The van der Waals surface area contributed by atoms with Gasteiger partial charge in [0.15, 0.2) is 12.2 Å². The van der Waals surface area contributed by atoms with Gasteiger partial charge in [-0.2, -0.15) is 0 Å². The Kier molecular flexibility index (Phi) is 7.93. The van der Waals surface area contributed by atoms with Gasteiger partial charge in [0.25, 0.3) is 0 Å². The molecule has 4 atom stereocenters. The molecule has 31 heavy (non-hydrogen) atoms. The van der Waals surface area contributed by atoms with Crippen LogP contribution in [0.2, 0.25) is 0 Å². The zero-order valence-corrected chi connectivity index (χ0v) is 17.7. The van der Waals surface area contributed by atoms with Crippen LogP contribution in [-0.2, 0) is 38.1 Å². The zero-order valence-electron chi connectivity index (χ0n) is 17.7. The van der Waals surface area contributed by atoms with E-state index in [1.807, 2.05) is 6.92 Å². The quantitative estimate of drug-likeness (QED) is 0.295. The van der Waals surface area contributed by atoms with Gasteiger partial charge in [-0.15, -0.1) is 0 Å². The molecule has 0 aromatic carbocycles. The van der Waals surface area contributed by atoms with E-state index in [1.54, 1.807) is 12.2 Å². The number of esters is 4. The lowest BCUT2D eigenvalue weighted by Crippen LogP contribution is -2.46. The van der Waals surface area contributed by atoms with E-state index in [0.717, 1.165) is 19.6 Å². The summed E-state index contributed by atoms with van der Waals surface area (Å²) in [5, 5.41) is 9.25. The molecule has 2 rings (SSSR count). The lowest BCUT2D eigenvalue weighted by atomic mass is 9.83. The van der Waals surface area contributed by atoms with Crippen LogP contribution in [-0.4, -0.2) is 61.0 Å². The molecular formula is C22H26O9. The van der Waals surface area contributed by atoms with Crippen LogP contribution >= 0.6 is 0 Å². The van der Waals surface area contributed by atoms with Gasteiger partial charge in [0, 0.05) is 12.5 Å². The van der Waals surface area contributed by atoms with Crippen LogP contribution in [0.1, 0.15) is 26.7 Å². The molecule has 1 aliphatic heterocycles. The Morgan fingerprint density at radius 2 is 1.97 bits per heavy atom. The molecule has 9 nitrogen and oxygen atoms in total. The highest BCUT2D eigenvalue weighted by Gasteiger charge is 2.50. The molecule has 0 bridgehead atoms. The highest BCUT2D eigenvalue weighted by atomic mass is 16.6. The number of hydrogen-bond donors (Lipinski definition) is 1. The first-order chi connectivity index (χ1) is 14.6. The number of allylic oxidation sites excluding steroid dienone is 2. The molecule has 1 N–H and O–H groups in total. The topological polar surface area (TPSA) is 125 Å². The molecule has 0 saturated carbocycles. The third-order valence-corrected chi connectivity index (χ3v) is 5.01. The maximum absolute atomic E-state index is 12.5. The maximum Gasteiger partial charge on any atom is 0.337 e. The van der Waals surface area contributed by atoms with Crippen LogP contribution in [0.4, 0.5) is 0 Å². The molecule has 1 fully saturated rings. The first kappa shape index (κ1) is 24.1. The standard InChI is InChI=1S/C22H26O9/c1-11-7-6-8-15(22(27)28-5)18(29-14(4)24)19(31-20(25)12(2)10-23)17-13(3)21(26)30-16(17)9-11/h8-9,16-19,23H,2-3,6-7,10H2,1,4-5H3. The molecule has 2 aliphatic rings. The Balaban J connectivity index is 2.69. The van der Waals surface area contributed by atoms with Crippen molar-refractivity contribution in [2.45, 2.75) is 45.0 Å². The van der Waals surface area contributed by atoms with Crippen LogP contribution in [0.3, 0.4) is 0 Å². The van der Waals surface area contributed by atoms with Gasteiger partial charge in [-0.3, -0.25) is 4.79 Å². The van der Waals surface area contributed by atoms with E-state index in [9.17, 15) is 24.3 Å². The maximum atomic E-state index is 12.5. The minimum atomic E-state index is -1.41. The van der Waals surface area contributed by atoms with Crippen LogP contribution in [0.5, 0.6) is 0 Å². The van der Waals surface area contributed by atoms with E-state index < -0.39 is 54.7 Å². The van der Waals surface area contributed by atoms with Crippen LogP contribution in [0.15, 0.2) is 47.6 Å². The second-order valence-electron chi connectivity index (χ2n) is 7.29.